The summed E-state index contributed by atoms with van der Waals surface area (Å²) in [4.78, 5) is 27.2. The Morgan fingerprint density at radius 1 is 0.682 bits per heavy atom. The van der Waals surface area contributed by atoms with Gasteiger partial charge in [-0.3, -0.25) is 9.59 Å². The number of carbonyl (C=O) groups is 2. The summed E-state index contributed by atoms with van der Waals surface area (Å²) in [6, 6.07) is 26.7. The zero-order valence-electron chi connectivity index (χ0n) is 24.4. The molecule has 12 nitrogen and oxygen atoms in total. The van der Waals surface area contributed by atoms with Gasteiger partial charge < -0.3 is 33.6 Å². The Hall–Kier alpha value is -6.04. The van der Waals surface area contributed by atoms with Gasteiger partial charge in [0.25, 0.3) is 5.91 Å². The lowest BCUT2D eigenvalue weighted by Gasteiger charge is -2.20. The molecule has 224 valence electrons. The zero-order valence-corrected chi connectivity index (χ0v) is 24.4. The van der Waals surface area contributed by atoms with Crippen molar-refractivity contribution in [2.45, 2.75) is 26.3 Å². The summed E-state index contributed by atoms with van der Waals surface area (Å²) in [5.74, 6) is -1.13. The topological polar surface area (TPSA) is 212 Å². The van der Waals surface area contributed by atoms with E-state index in [2.05, 4.69) is 31.0 Å². The van der Waals surface area contributed by atoms with Crippen LogP contribution in [0.2, 0.25) is 0 Å². The molecule has 0 aliphatic rings. The van der Waals surface area contributed by atoms with Crippen molar-refractivity contribution in [3.63, 3.8) is 0 Å². The molecule has 10 N–H and O–H groups in total. The van der Waals surface area contributed by atoms with Gasteiger partial charge in [0.05, 0.1) is 11.4 Å². The Labute approximate surface area is 254 Å². The van der Waals surface area contributed by atoms with E-state index in [0.717, 1.165) is 21.9 Å². The zero-order chi connectivity index (χ0) is 31.6. The van der Waals surface area contributed by atoms with Gasteiger partial charge in [0, 0.05) is 17.7 Å². The molecular weight excluding hydrogens is 556 g/mol. The maximum Gasteiger partial charge on any atom is 0.251 e. The van der Waals surface area contributed by atoms with Crippen molar-refractivity contribution in [1.82, 2.24) is 5.32 Å². The van der Waals surface area contributed by atoms with Crippen LogP contribution in [0.1, 0.15) is 40.9 Å². The van der Waals surface area contributed by atoms with Crippen LogP contribution in [0.25, 0.3) is 10.8 Å². The minimum absolute atomic E-state index is 0.145. The number of nitrogens with one attached hydrogen (secondary N) is 2. The molecule has 44 heavy (non-hydrogen) atoms. The first kappa shape index (κ1) is 30.9. The normalized spacial score (nSPS) is 12.2. The van der Waals surface area contributed by atoms with Crippen molar-refractivity contribution in [3.8, 4) is 0 Å². The van der Waals surface area contributed by atoms with Crippen LogP contribution in [0.15, 0.2) is 111 Å². The van der Waals surface area contributed by atoms with Gasteiger partial charge in [-0.1, -0.05) is 66.7 Å². The maximum absolute atomic E-state index is 13.7. The van der Waals surface area contributed by atoms with Crippen LogP contribution in [0.4, 0.5) is 5.69 Å². The standard InChI is InChI=1S/C32H34N10O2/c1-19(39-41-31(33)34)21-13-15-26(16-14-21)37-30(44)28(18-24-10-5-8-22-7-3-4-12-27(22)24)38-29(43)25-11-6-9-23(17-25)20(2)40-42-32(35)36/h3-17,28H,18H2,1-2H3,(H,37,44)(H,38,43)(H4,33,34,41)(H4,35,36,42)/b39-19+,40-20+/t28-/m0/s1. The summed E-state index contributed by atoms with van der Waals surface area (Å²) in [5.41, 5.74) is 25.8. The minimum Gasteiger partial charge on any atom is -0.369 e. The van der Waals surface area contributed by atoms with E-state index in [1.54, 1.807) is 62.4 Å². The van der Waals surface area contributed by atoms with Crippen molar-refractivity contribution in [2.24, 2.45) is 43.3 Å². The van der Waals surface area contributed by atoms with E-state index in [0.29, 0.717) is 28.2 Å². The van der Waals surface area contributed by atoms with Crippen LogP contribution in [0.3, 0.4) is 0 Å². The summed E-state index contributed by atoms with van der Waals surface area (Å²) < 4.78 is 0. The summed E-state index contributed by atoms with van der Waals surface area (Å²) in [7, 11) is 0. The fourth-order valence-electron chi connectivity index (χ4n) is 4.43. The SMILES string of the molecule is C/C(=N\N=C(N)N)c1ccc(NC(=O)[C@H](Cc2cccc3ccccc23)NC(=O)c2cccc(/C(C)=N/N=C(N)N)c2)cc1. The first-order chi connectivity index (χ1) is 21.1. The highest BCUT2D eigenvalue weighted by molar-refractivity contribution is 6.05. The molecule has 0 bridgehead atoms. The first-order valence-corrected chi connectivity index (χ1v) is 13.7. The molecule has 0 radical (unpaired) electrons. The predicted molar refractivity (Wildman–Crippen MR) is 176 cm³/mol. The summed E-state index contributed by atoms with van der Waals surface area (Å²) in [5, 5.41) is 23.2. The number of anilines is 1. The number of amides is 2. The van der Waals surface area contributed by atoms with E-state index >= 15 is 0 Å². The Morgan fingerprint density at radius 3 is 1.95 bits per heavy atom. The van der Waals surface area contributed by atoms with Crippen molar-refractivity contribution in [2.75, 3.05) is 5.32 Å². The third kappa shape index (κ3) is 8.26. The number of nitrogens with two attached hydrogens (primary N) is 4. The largest absolute Gasteiger partial charge is 0.369 e. The lowest BCUT2D eigenvalue weighted by atomic mass is 9.98. The van der Waals surface area contributed by atoms with E-state index in [-0.39, 0.29) is 24.2 Å². The predicted octanol–water partition coefficient (Wildman–Crippen LogP) is 2.81. The van der Waals surface area contributed by atoms with E-state index < -0.39 is 11.9 Å². The molecule has 0 unspecified atom stereocenters. The highest BCUT2D eigenvalue weighted by Crippen LogP contribution is 2.21. The molecular formula is C32H34N10O2. The number of nitrogens with zero attached hydrogens (tertiary/aromatic N) is 4. The Morgan fingerprint density at radius 2 is 1.27 bits per heavy atom. The fraction of sp³-hybridized carbons (Fsp3) is 0.125. The molecule has 0 saturated heterocycles. The van der Waals surface area contributed by atoms with Crippen LogP contribution >= 0.6 is 0 Å². The van der Waals surface area contributed by atoms with Crippen molar-refractivity contribution in [3.05, 3.63) is 113 Å². The van der Waals surface area contributed by atoms with Gasteiger partial charge in [-0.15, -0.1) is 10.2 Å². The Kier molecular flexibility index (Phi) is 9.99. The Bertz CT molecular complexity index is 1780. The van der Waals surface area contributed by atoms with Crippen LogP contribution < -0.4 is 33.6 Å². The summed E-state index contributed by atoms with van der Waals surface area (Å²) in [6.07, 6.45) is 0.256. The van der Waals surface area contributed by atoms with Crippen LogP contribution in [-0.2, 0) is 11.2 Å². The van der Waals surface area contributed by atoms with Crippen LogP contribution in [0.5, 0.6) is 0 Å². The Balaban J connectivity index is 1.60. The molecule has 12 heteroatoms. The number of hydrogen-bond donors (Lipinski definition) is 6. The smallest absolute Gasteiger partial charge is 0.251 e. The molecule has 0 aliphatic carbocycles. The van der Waals surface area contributed by atoms with E-state index in [4.69, 9.17) is 22.9 Å². The lowest BCUT2D eigenvalue weighted by Crippen LogP contribution is -2.45. The molecule has 1 atom stereocenters. The number of fused-ring (bicyclic) bond motifs is 1. The second-order valence-electron chi connectivity index (χ2n) is 9.94. The van der Waals surface area contributed by atoms with E-state index in [9.17, 15) is 9.59 Å². The molecule has 4 aromatic rings. The van der Waals surface area contributed by atoms with Gasteiger partial charge in [-0.05, 0) is 65.6 Å². The molecule has 0 heterocycles. The first-order valence-electron chi connectivity index (χ1n) is 13.7. The number of benzene rings is 4. The molecule has 0 saturated carbocycles. The van der Waals surface area contributed by atoms with Crippen molar-refractivity contribution < 1.29 is 9.59 Å². The minimum atomic E-state index is -0.904. The third-order valence-electron chi connectivity index (χ3n) is 6.67. The highest BCUT2D eigenvalue weighted by atomic mass is 16.2. The molecule has 0 aromatic heterocycles. The third-order valence-corrected chi connectivity index (χ3v) is 6.67. The lowest BCUT2D eigenvalue weighted by molar-refractivity contribution is -0.118. The number of guanidine groups is 2. The fourth-order valence-corrected chi connectivity index (χ4v) is 4.43. The second kappa shape index (κ2) is 14.2. The van der Waals surface area contributed by atoms with Crippen molar-refractivity contribution in [1.29, 1.82) is 0 Å². The average molecular weight is 591 g/mol. The highest BCUT2D eigenvalue weighted by Gasteiger charge is 2.23. The monoisotopic (exact) mass is 590 g/mol. The van der Waals surface area contributed by atoms with Crippen LogP contribution in [-0.4, -0.2) is 41.2 Å². The van der Waals surface area contributed by atoms with Gasteiger partial charge >= 0.3 is 0 Å². The van der Waals surface area contributed by atoms with Crippen molar-refractivity contribution >= 4 is 51.6 Å². The maximum atomic E-state index is 13.7. The molecule has 0 spiro atoms. The molecule has 4 aromatic carbocycles. The molecule has 2 amide bonds. The molecule has 0 fully saturated rings. The second-order valence-corrected chi connectivity index (χ2v) is 9.94. The number of hydrogen-bond acceptors (Lipinski definition) is 6. The number of rotatable bonds is 10. The summed E-state index contributed by atoms with van der Waals surface area (Å²) >= 11 is 0. The van der Waals surface area contributed by atoms with Gasteiger partial charge in [0.2, 0.25) is 17.8 Å². The van der Waals surface area contributed by atoms with Gasteiger partial charge in [-0.2, -0.15) is 10.2 Å². The van der Waals surface area contributed by atoms with Gasteiger partial charge in [0.1, 0.15) is 6.04 Å². The van der Waals surface area contributed by atoms with E-state index in [1.165, 1.54) is 0 Å². The van der Waals surface area contributed by atoms with Gasteiger partial charge in [0.15, 0.2) is 0 Å². The average Bonchev–Trinajstić information content (AvgIpc) is 3.02. The van der Waals surface area contributed by atoms with Gasteiger partial charge in [-0.25, -0.2) is 0 Å². The van der Waals surface area contributed by atoms with Crippen LogP contribution in [0, 0.1) is 0 Å². The van der Waals surface area contributed by atoms with E-state index in [1.807, 2.05) is 42.5 Å². The quantitative estimate of drug-likeness (QED) is 0.0927. The summed E-state index contributed by atoms with van der Waals surface area (Å²) in [6.45, 7) is 3.48. The molecule has 4 rings (SSSR count). The number of carbonyl (C=O) groups excluding carboxylic acids is 2. The molecule has 0 aliphatic heterocycles.